The first kappa shape index (κ1) is 13.4. The molecule has 0 saturated heterocycles. The second-order valence-electron chi connectivity index (χ2n) is 4.55. The number of rotatable bonds is 6. The molecule has 5 nitrogen and oxygen atoms in total. The molecule has 0 atom stereocenters. The van der Waals surface area contributed by atoms with Gasteiger partial charge in [-0.3, -0.25) is 9.59 Å². The number of carbonyl (C=O) groups excluding carboxylic acids is 2. The van der Waals surface area contributed by atoms with Gasteiger partial charge in [-0.25, -0.2) is 0 Å². The van der Waals surface area contributed by atoms with Crippen molar-refractivity contribution in [2.24, 2.45) is 5.92 Å². The van der Waals surface area contributed by atoms with E-state index in [-0.39, 0.29) is 17.7 Å². The minimum atomic E-state index is -0.150. The van der Waals surface area contributed by atoms with E-state index < -0.39 is 0 Å². The normalized spacial score (nSPS) is 13.7. The van der Waals surface area contributed by atoms with Crippen LogP contribution in [0, 0.1) is 5.92 Å². The average molecular weight is 262 g/mol. The summed E-state index contributed by atoms with van der Waals surface area (Å²) in [6.07, 6.45) is 1.98. The van der Waals surface area contributed by atoms with Crippen LogP contribution in [0.4, 0.5) is 0 Å². The molecule has 2 rings (SSSR count). The maximum Gasteiger partial charge on any atom is 0.251 e. The third-order valence-electron chi connectivity index (χ3n) is 3.01. The molecule has 0 unspecified atom stereocenters. The van der Waals surface area contributed by atoms with Crippen LogP contribution >= 0.6 is 0 Å². The molecule has 19 heavy (non-hydrogen) atoms. The fraction of sp³-hybridized carbons (Fsp3) is 0.429. The van der Waals surface area contributed by atoms with Crippen LogP contribution in [0.1, 0.15) is 23.2 Å². The van der Waals surface area contributed by atoms with Gasteiger partial charge in [0, 0.05) is 24.6 Å². The standard InChI is InChI=1S/C14H18N2O3/c1-19-12-6-4-11(5-7-12)14(18)16-9-8-15-13(17)10-2-3-10/h4-7,10H,2-3,8-9H2,1H3,(H,15,17)(H,16,18). The number of methoxy groups -OCH3 is 1. The van der Waals surface area contributed by atoms with Crippen molar-refractivity contribution in [3.8, 4) is 5.75 Å². The van der Waals surface area contributed by atoms with E-state index in [1.165, 1.54) is 0 Å². The van der Waals surface area contributed by atoms with Crippen LogP contribution < -0.4 is 15.4 Å². The molecular formula is C14H18N2O3. The number of carbonyl (C=O) groups is 2. The van der Waals surface area contributed by atoms with E-state index in [9.17, 15) is 9.59 Å². The topological polar surface area (TPSA) is 67.4 Å². The Morgan fingerprint density at radius 2 is 1.79 bits per heavy atom. The van der Waals surface area contributed by atoms with Gasteiger partial charge in [-0.15, -0.1) is 0 Å². The third kappa shape index (κ3) is 3.98. The van der Waals surface area contributed by atoms with Gasteiger partial charge in [0.1, 0.15) is 5.75 Å². The van der Waals surface area contributed by atoms with Gasteiger partial charge in [0.25, 0.3) is 5.91 Å². The zero-order valence-corrected chi connectivity index (χ0v) is 10.9. The Morgan fingerprint density at radius 3 is 2.37 bits per heavy atom. The van der Waals surface area contributed by atoms with Crippen LogP contribution in [0.25, 0.3) is 0 Å². The van der Waals surface area contributed by atoms with Crippen molar-refractivity contribution in [1.29, 1.82) is 0 Å². The molecule has 2 N–H and O–H groups in total. The summed E-state index contributed by atoms with van der Waals surface area (Å²) in [6.45, 7) is 0.903. The summed E-state index contributed by atoms with van der Waals surface area (Å²) in [4.78, 5) is 23.1. The lowest BCUT2D eigenvalue weighted by atomic mass is 10.2. The molecular weight excluding hydrogens is 244 g/mol. The monoisotopic (exact) mass is 262 g/mol. The maximum atomic E-state index is 11.8. The highest BCUT2D eigenvalue weighted by Crippen LogP contribution is 2.28. The van der Waals surface area contributed by atoms with Crippen LogP contribution in [0.5, 0.6) is 5.75 Å². The minimum Gasteiger partial charge on any atom is -0.497 e. The molecule has 0 radical (unpaired) electrons. The summed E-state index contributed by atoms with van der Waals surface area (Å²) in [5, 5.41) is 5.55. The Morgan fingerprint density at radius 1 is 1.16 bits per heavy atom. The van der Waals surface area contributed by atoms with Gasteiger partial charge in [0.15, 0.2) is 0 Å². The molecule has 1 saturated carbocycles. The zero-order chi connectivity index (χ0) is 13.7. The molecule has 1 aliphatic rings. The highest BCUT2D eigenvalue weighted by molar-refractivity contribution is 5.94. The average Bonchev–Trinajstić information content (AvgIpc) is 3.27. The predicted octanol–water partition coefficient (Wildman–Crippen LogP) is 0.951. The van der Waals surface area contributed by atoms with Gasteiger partial charge in [0.05, 0.1) is 7.11 Å². The van der Waals surface area contributed by atoms with Crippen LogP contribution in [-0.2, 0) is 4.79 Å². The fourth-order valence-electron chi connectivity index (χ4n) is 1.70. The number of benzene rings is 1. The lowest BCUT2D eigenvalue weighted by molar-refractivity contribution is -0.122. The maximum absolute atomic E-state index is 11.8. The highest BCUT2D eigenvalue weighted by atomic mass is 16.5. The number of hydrogen-bond acceptors (Lipinski definition) is 3. The lowest BCUT2D eigenvalue weighted by Gasteiger charge is -2.07. The number of amides is 2. The first-order valence-electron chi connectivity index (χ1n) is 6.40. The van der Waals surface area contributed by atoms with Crippen LogP contribution in [-0.4, -0.2) is 32.0 Å². The van der Waals surface area contributed by atoms with Crippen molar-refractivity contribution in [2.45, 2.75) is 12.8 Å². The number of nitrogens with one attached hydrogen (secondary N) is 2. The molecule has 2 amide bonds. The molecule has 1 fully saturated rings. The van der Waals surface area contributed by atoms with E-state index in [0.29, 0.717) is 24.4 Å². The Hall–Kier alpha value is -2.04. The van der Waals surface area contributed by atoms with E-state index in [1.807, 2.05) is 0 Å². The van der Waals surface area contributed by atoms with Crippen LogP contribution in [0.2, 0.25) is 0 Å². The van der Waals surface area contributed by atoms with Crippen LogP contribution in [0.3, 0.4) is 0 Å². The minimum absolute atomic E-state index is 0.0960. The van der Waals surface area contributed by atoms with Crippen molar-refractivity contribution < 1.29 is 14.3 Å². The lowest BCUT2D eigenvalue weighted by Crippen LogP contribution is -2.35. The largest absolute Gasteiger partial charge is 0.497 e. The van der Waals surface area contributed by atoms with Crippen molar-refractivity contribution >= 4 is 11.8 Å². The molecule has 1 aromatic rings. The molecule has 0 spiro atoms. The van der Waals surface area contributed by atoms with E-state index in [1.54, 1.807) is 31.4 Å². The second-order valence-corrected chi connectivity index (χ2v) is 4.55. The molecule has 0 aromatic heterocycles. The number of ether oxygens (including phenoxy) is 1. The van der Waals surface area contributed by atoms with Gasteiger partial charge in [-0.1, -0.05) is 0 Å². The molecule has 1 aliphatic carbocycles. The first-order chi connectivity index (χ1) is 9.20. The fourth-order valence-corrected chi connectivity index (χ4v) is 1.70. The Balaban J connectivity index is 1.69. The SMILES string of the molecule is COc1ccc(C(=O)NCCNC(=O)C2CC2)cc1. The smallest absolute Gasteiger partial charge is 0.251 e. The van der Waals surface area contributed by atoms with Crippen molar-refractivity contribution in [1.82, 2.24) is 10.6 Å². The molecule has 0 bridgehead atoms. The summed E-state index contributed by atoms with van der Waals surface area (Å²) in [5.41, 5.74) is 0.578. The summed E-state index contributed by atoms with van der Waals surface area (Å²) in [5.74, 6) is 0.868. The van der Waals surface area contributed by atoms with Crippen molar-refractivity contribution in [3.63, 3.8) is 0 Å². The van der Waals surface area contributed by atoms with Crippen LogP contribution in [0.15, 0.2) is 24.3 Å². The molecule has 0 heterocycles. The van der Waals surface area contributed by atoms with Gasteiger partial charge in [-0.2, -0.15) is 0 Å². The summed E-state index contributed by atoms with van der Waals surface area (Å²) < 4.78 is 5.02. The molecule has 1 aromatic carbocycles. The Labute approximate surface area is 112 Å². The second kappa shape index (κ2) is 6.22. The summed E-state index contributed by atoms with van der Waals surface area (Å²) >= 11 is 0. The molecule has 0 aliphatic heterocycles. The van der Waals surface area contributed by atoms with Gasteiger partial charge < -0.3 is 15.4 Å². The van der Waals surface area contributed by atoms with E-state index in [2.05, 4.69) is 10.6 Å². The number of hydrogen-bond donors (Lipinski definition) is 2. The van der Waals surface area contributed by atoms with E-state index >= 15 is 0 Å². The Kier molecular flexibility index (Phi) is 4.39. The van der Waals surface area contributed by atoms with Gasteiger partial charge in [0.2, 0.25) is 5.91 Å². The summed E-state index contributed by atoms with van der Waals surface area (Å²) in [6, 6.07) is 6.89. The molecule has 102 valence electrons. The summed E-state index contributed by atoms with van der Waals surface area (Å²) in [7, 11) is 1.58. The predicted molar refractivity (Wildman–Crippen MR) is 71.1 cm³/mol. The zero-order valence-electron chi connectivity index (χ0n) is 10.9. The third-order valence-corrected chi connectivity index (χ3v) is 3.01. The van der Waals surface area contributed by atoms with Crippen molar-refractivity contribution in [3.05, 3.63) is 29.8 Å². The van der Waals surface area contributed by atoms with E-state index in [0.717, 1.165) is 12.8 Å². The van der Waals surface area contributed by atoms with Gasteiger partial charge >= 0.3 is 0 Å². The van der Waals surface area contributed by atoms with E-state index in [4.69, 9.17) is 4.74 Å². The quantitative estimate of drug-likeness (QED) is 0.750. The van der Waals surface area contributed by atoms with Gasteiger partial charge in [-0.05, 0) is 37.1 Å². The highest BCUT2D eigenvalue weighted by Gasteiger charge is 2.28. The molecule has 5 heteroatoms. The Bertz CT molecular complexity index is 452. The van der Waals surface area contributed by atoms with Crippen molar-refractivity contribution in [2.75, 3.05) is 20.2 Å². The first-order valence-corrected chi connectivity index (χ1v) is 6.40.